The van der Waals surface area contributed by atoms with E-state index in [4.69, 9.17) is 18.9 Å². The lowest BCUT2D eigenvalue weighted by atomic mass is 9.98. The molecule has 1 aromatic rings. The molecule has 1 aromatic carbocycles. The van der Waals surface area contributed by atoms with E-state index in [9.17, 15) is 35.1 Å². The molecule has 11 heteroatoms. The second-order valence-electron chi connectivity index (χ2n) is 7.66. The molecule has 0 unspecified atom stereocenters. The van der Waals surface area contributed by atoms with Gasteiger partial charge in [-0.2, -0.15) is 0 Å². The number of benzene rings is 1. The van der Waals surface area contributed by atoms with Gasteiger partial charge in [-0.3, -0.25) is 9.59 Å². The zero-order chi connectivity index (χ0) is 22.7. The highest BCUT2D eigenvalue weighted by molar-refractivity contribution is 5.73. The van der Waals surface area contributed by atoms with Gasteiger partial charge in [0.25, 0.3) is 0 Å². The molecule has 2 saturated heterocycles. The summed E-state index contributed by atoms with van der Waals surface area (Å²) in [6, 6.07) is 3.80. The number of aliphatic hydroxyl groups excluding tert-OH is 3. The lowest BCUT2D eigenvalue weighted by Gasteiger charge is -2.43. The summed E-state index contributed by atoms with van der Waals surface area (Å²) in [6.45, 7) is 1.07. The lowest BCUT2D eigenvalue weighted by Crippen LogP contribution is -2.61. The van der Waals surface area contributed by atoms with E-state index in [1.54, 1.807) is 6.92 Å². The van der Waals surface area contributed by atoms with Crippen LogP contribution in [0.4, 0.5) is 0 Å². The molecular formula is C20H26O11. The molecule has 0 bridgehead atoms. The highest BCUT2D eigenvalue weighted by Gasteiger charge is 2.48. The van der Waals surface area contributed by atoms with Crippen LogP contribution in [0.2, 0.25) is 0 Å². The summed E-state index contributed by atoms with van der Waals surface area (Å²) in [7, 11) is 0. The van der Waals surface area contributed by atoms with E-state index in [1.165, 1.54) is 18.2 Å². The van der Waals surface area contributed by atoms with Crippen molar-refractivity contribution in [2.45, 2.75) is 69.1 Å². The highest BCUT2D eigenvalue weighted by Crippen LogP contribution is 2.29. The third-order valence-electron chi connectivity index (χ3n) is 5.13. The zero-order valence-corrected chi connectivity index (χ0v) is 16.8. The highest BCUT2D eigenvalue weighted by atomic mass is 16.7. The Morgan fingerprint density at radius 1 is 1.19 bits per heavy atom. The quantitative estimate of drug-likeness (QED) is 0.273. The molecule has 31 heavy (non-hydrogen) atoms. The molecule has 0 amide bonds. The van der Waals surface area contributed by atoms with Crippen molar-refractivity contribution in [3.8, 4) is 11.5 Å². The molecule has 2 heterocycles. The first-order chi connectivity index (χ1) is 14.7. The molecule has 0 radical (unpaired) electrons. The molecule has 0 aliphatic carbocycles. The minimum absolute atomic E-state index is 0.0694. The van der Waals surface area contributed by atoms with E-state index in [0.29, 0.717) is 12.0 Å². The van der Waals surface area contributed by atoms with Gasteiger partial charge in [0.05, 0.1) is 25.6 Å². The first-order valence-corrected chi connectivity index (χ1v) is 9.85. The Morgan fingerprint density at radius 3 is 2.58 bits per heavy atom. The summed E-state index contributed by atoms with van der Waals surface area (Å²) in [4.78, 5) is 24.1. The first-order valence-electron chi connectivity index (χ1n) is 9.85. The minimum atomic E-state index is -1.62. The number of phenolic OH excluding ortho intramolecular Hbond substituents is 2. The van der Waals surface area contributed by atoms with Crippen molar-refractivity contribution in [3.05, 3.63) is 23.8 Å². The molecule has 0 aromatic heterocycles. The summed E-state index contributed by atoms with van der Waals surface area (Å²) in [6.07, 6.45) is -8.22. The summed E-state index contributed by atoms with van der Waals surface area (Å²) in [5.41, 5.74) is 0.335. The van der Waals surface area contributed by atoms with Gasteiger partial charge in [-0.05, 0) is 24.6 Å². The Balaban J connectivity index is 1.72. The molecule has 2 aliphatic heterocycles. The van der Waals surface area contributed by atoms with Gasteiger partial charge < -0.3 is 44.5 Å². The predicted molar refractivity (Wildman–Crippen MR) is 101 cm³/mol. The smallest absolute Gasteiger partial charge is 0.310 e. The van der Waals surface area contributed by atoms with Crippen LogP contribution >= 0.6 is 0 Å². The Labute approximate surface area is 177 Å². The number of aromatic hydroxyl groups is 2. The maximum Gasteiger partial charge on any atom is 0.310 e. The monoisotopic (exact) mass is 442 g/mol. The van der Waals surface area contributed by atoms with E-state index < -0.39 is 67.2 Å². The lowest BCUT2D eigenvalue weighted by molar-refractivity contribution is -0.316. The first kappa shape index (κ1) is 23.2. The summed E-state index contributed by atoms with van der Waals surface area (Å²) in [5.74, 6) is -2.05. The van der Waals surface area contributed by atoms with Crippen molar-refractivity contribution in [1.29, 1.82) is 0 Å². The number of esters is 2. The third-order valence-corrected chi connectivity index (χ3v) is 5.13. The predicted octanol–water partition coefficient (Wildman–Crippen LogP) is -0.898. The fraction of sp³-hybridized carbons (Fsp3) is 0.600. The van der Waals surface area contributed by atoms with Gasteiger partial charge in [-0.15, -0.1) is 0 Å². The van der Waals surface area contributed by atoms with Crippen molar-refractivity contribution in [1.82, 2.24) is 0 Å². The van der Waals surface area contributed by atoms with E-state index in [1.807, 2.05) is 0 Å². The molecule has 0 saturated carbocycles. The third kappa shape index (κ3) is 5.63. The Kier molecular flexibility index (Phi) is 7.34. The number of rotatable bonds is 6. The van der Waals surface area contributed by atoms with Crippen molar-refractivity contribution >= 4 is 11.9 Å². The van der Waals surface area contributed by atoms with Crippen LogP contribution in [0.15, 0.2) is 18.2 Å². The molecule has 0 spiro atoms. The number of carbonyl (C=O) groups is 2. The summed E-state index contributed by atoms with van der Waals surface area (Å²) in [5, 5.41) is 49.0. The van der Waals surface area contributed by atoms with Crippen molar-refractivity contribution in [2.75, 3.05) is 6.61 Å². The average molecular weight is 442 g/mol. The van der Waals surface area contributed by atoms with Crippen molar-refractivity contribution in [3.63, 3.8) is 0 Å². The second-order valence-corrected chi connectivity index (χ2v) is 7.66. The fourth-order valence-corrected chi connectivity index (χ4v) is 3.58. The standard InChI is InChI=1S/C20H26O11/c1-9-4-11(7-16(25)28-9)29-20-19(18(27)17(26)14(8-21)30-20)31-15(24)6-10-2-3-12(22)13(23)5-10/h2-3,5,9,11,14,17-23,26-27H,4,6-8H2,1H3/t9-,11-,14-,17-,18+,19-,20+/m1/s1. The molecule has 3 rings (SSSR count). The van der Waals surface area contributed by atoms with Gasteiger partial charge in [0.2, 0.25) is 0 Å². The molecular weight excluding hydrogens is 416 g/mol. The average Bonchev–Trinajstić information content (AvgIpc) is 2.69. The van der Waals surface area contributed by atoms with Crippen LogP contribution in [-0.2, 0) is 35.0 Å². The van der Waals surface area contributed by atoms with E-state index in [2.05, 4.69) is 0 Å². The number of aliphatic hydroxyl groups is 3. The maximum absolute atomic E-state index is 12.4. The van der Waals surface area contributed by atoms with Gasteiger partial charge in [0.15, 0.2) is 23.9 Å². The number of hydrogen-bond donors (Lipinski definition) is 5. The van der Waals surface area contributed by atoms with Gasteiger partial charge in [0.1, 0.15) is 24.4 Å². The summed E-state index contributed by atoms with van der Waals surface area (Å²) < 4.78 is 21.6. The molecule has 172 valence electrons. The Hall–Kier alpha value is -2.44. The molecule has 2 aliphatic rings. The van der Waals surface area contributed by atoms with Crippen molar-refractivity contribution < 1.29 is 54.1 Å². The van der Waals surface area contributed by atoms with Crippen LogP contribution in [0.3, 0.4) is 0 Å². The van der Waals surface area contributed by atoms with E-state index >= 15 is 0 Å². The van der Waals surface area contributed by atoms with Gasteiger partial charge >= 0.3 is 11.9 Å². The van der Waals surface area contributed by atoms with Crippen LogP contribution in [0.25, 0.3) is 0 Å². The van der Waals surface area contributed by atoms with Crippen molar-refractivity contribution in [2.24, 2.45) is 0 Å². The van der Waals surface area contributed by atoms with Gasteiger partial charge in [-0.25, -0.2) is 0 Å². The SMILES string of the molecule is C[C@@H]1C[C@@H](O[C@H]2O[C@H](CO)[C@@H](O)[C@H](O)[C@H]2OC(=O)Cc2ccc(O)c(O)c2)CC(=O)O1. The maximum atomic E-state index is 12.4. The van der Waals surface area contributed by atoms with Crippen LogP contribution in [0, 0.1) is 0 Å². The molecule has 11 nitrogen and oxygen atoms in total. The van der Waals surface area contributed by atoms with Crippen LogP contribution in [-0.4, -0.2) is 87.0 Å². The number of phenols is 2. The largest absolute Gasteiger partial charge is 0.504 e. The molecule has 2 fully saturated rings. The topological polar surface area (TPSA) is 172 Å². The molecule has 5 N–H and O–H groups in total. The van der Waals surface area contributed by atoms with Crippen LogP contribution in [0.5, 0.6) is 11.5 Å². The number of carbonyl (C=O) groups excluding carboxylic acids is 2. The normalized spacial score (nSPS) is 33.5. The summed E-state index contributed by atoms with van der Waals surface area (Å²) >= 11 is 0. The minimum Gasteiger partial charge on any atom is -0.504 e. The van der Waals surface area contributed by atoms with E-state index in [0.717, 1.165) is 0 Å². The van der Waals surface area contributed by atoms with Gasteiger partial charge in [0, 0.05) is 6.42 Å². The zero-order valence-electron chi connectivity index (χ0n) is 16.8. The van der Waals surface area contributed by atoms with E-state index in [-0.39, 0.29) is 18.6 Å². The number of hydrogen-bond acceptors (Lipinski definition) is 11. The van der Waals surface area contributed by atoms with Gasteiger partial charge in [-0.1, -0.05) is 6.07 Å². The Bertz CT molecular complexity index is 797. The number of cyclic esters (lactones) is 1. The number of ether oxygens (including phenoxy) is 4. The molecule has 7 atom stereocenters. The fourth-order valence-electron chi connectivity index (χ4n) is 3.58. The Morgan fingerprint density at radius 2 is 1.94 bits per heavy atom. The van der Waals surface area contributed by atoms with Crippen LogP contribution < -0.4 is 0 Å². The second kappa shape index (κ2) is 9.79. The van der Waals surface area contributed by atoms with Crippen LogP contribution in [0.1, 0.15) is 25.3 Å².